The maximum atomic E-state index is 13.8. The molecule has 2 aliphatic rings. The zero-order valence-electron chi connectivity index (χ0n) is 19.9. The molecular formula is C26H29ClN6O2. The second-order valence-electron chi connectivity index (χ2n) is 9.59. The van der Waals surface area contributed by atoms with Crippen LogP contribution in [-0.2, 0) is 7.05 Å². The quantitative estimate of drug-likeness (QED) is 0.462. The van der Waals surface area contributed by atoms with Crippen LogP contribution in [0.25, 0.3) is 27.7 Å². The highest BCUT2D eigenvalue weighted by atomic mass is 35.5. The van der Waals surface area contributed by atoms with Gasteiger partial charge in [-0.25, -0.2) is 4.98 Å². The van der Waals surface area contributed by atoms with Gasteiger partial charge in [-0.15, -0.1) is 0 Å². The monoisotopic (exact) mass is 492 g/mol. The fraction of sp³-hybridized carbons (Fsp3) is 0.423. The Labute approximate surface area is 208 Å². The van der Waals surface area contributed by atoms with Gasteiger partial charge in [-0.1, -0.05) is 11.6 Å². The average molecular weight is 493 g/mol. The Morgan fingerprint density at radius 3 is 2.54 bits per heavy atom. The topological polar surface area (TPSA) is 74.9 Å². The van der Waals surface area contributed by atoms with Crippen molar-refractivity contribution in [3.63, 3.8) is 0 Å². The van der Waals surface area contributed by atoms with E-state index in [0.29, 0.717) is 28.2 Å². The summed E-state index contributed by atoms with van der Waals surface area (Å²) in [5.74, 6) is 0.506. The van der Waals surface area contributed by atoms with Gasteiger partial charge in [-0.3, -0.25) is 14.0 Å². The number of hydrogen-bond donors (Lipinski definition) is 1. The Balaban J connectivity index is 1.54. The summed E-state index contributed by atoms with van der Waals surface area (Å²) in [6.07, 6.45) is 4.67. The van der Waals surface area contributed by atoms with Crippen LogP contribution in [0.4, 0.5) is 5.82 Å². The lowest BCUT2D eigenvalue weighted by Crippen LogP contribution is -2.36. The molecule has 5 heterocycles. The summed E-state index contributed by atoms with van der Waals surface area (Å²) in [5.41, 5.74) is 2.64. The minimum Gasteiger partial charge on any atom is -0.357 e. The third-order valence-electron chi connectivity index (χ3n) is 7.41. The number of pyridine rings is 2. The molecule has 0 radical (unpaired) electrons. The highest BCUT2D eigenvalue weighted by molar-refractivity contribution is 6.31. The number of nitrogens with zero attached hydrogens (tertiary/aromatic N) is 5. The number of rotatable bonds is 5. The van der Waals surface area contributed by atoms with Gasteiger partial charge in [0.25, 0.3) is 5.91 Å². The van der Waals surface area contributed by atoms with Crippen molar-refractivity contribution in [3.05, 3.63) is 51.1 Å². The van der Waals surface area contributed by atoms with E-state index in [9.17, 15) is 9.59 Å². The lowest BCUT2D eigenvalue weighted by atomic mass is 10.1. The average Bonchev–Trinajstić information content (AvgIpc) is 3.62. The molecule has 6 rings (SSSR count). The van der Waals surface area contributed by atoms with Gasteiger partial charge < -0.3 is 19.7 Å². The van der Waals surface area contributed by atoms with Gasteiger partial charge >= 0.3 is 0 Å². The van der Waals surface area contributed by atoms with Crippen LogP contribution in [0.2, 0.25) is 5.02 Å². The smallest absolute Gasteiger partial charge is 0.259 e. The van der Waals surface area contributed by atoms with Gasteiger partial charge in [0.2, 0.25) is 5.43 Å². The Bertz CT molecular complexity index is 1510. The number of hydrogen-bond acceptors (Lipinski definition) is 5. The van der Waals surface area contributed by atoms with Crippen LogP contribution < -0.4 is 15.6 Å². The summed E-state index contributed by atoms with van der Waals surface area (Å²) in [6.45, 7) is 5.33. The van der Waals surface area contributed by atoms with Gasteiger partial charge in [0.05, 0.1) is 16.4 Å². The van der Waals surface area contributed by atoms with Crippen LogP contribution in [0.3, 0.4) is 0 Å². The van der Waals surface area contributed by atoms with Gasteiger partial charge in [0.1, 0.15) is 17.0 Å². The molecule has 0 unspecified atom stereocenters. The standard InChI is InChI=1S/C26H29ClN6O2/c1-30-20-16-17(27)6-8-19(20)33-24-18(7-9-21(29-24)32-13-4-5-14-32)23(34)22(26(30)33)25(35)28-10-15-31-11-2-3-12-31/h6-9,16H,2-5,10-15H2,1H3,(H,28,35). The number of anilines is 1. The first-order valence-electron chi connectivity index (χ1n) is 12.4. The van der Waals surface area contributed by atoms with Crippen molar-refractivity contribution in [3.8, 4) is 0 Å². The molecule has 0 spiro atoms. The molecular weight excluding hydrogens is 464 g/mol. The van der Waals surface area contributed by atoms with E-state index in [1.165, 1.54) is 12.8 Å². The fourth-order valence-corrected chi connectivity index (χ4v) is 5.76. The number of halogens is 1. The summed E-state index contributed by atoms with van der Waals surface area (Å²) in [6, 6.07) is 9.33. The number of aryl methyl sites for hydroxylation is 1. The highest BCUT2D eigenvalue weighted by Crippen LogP contribution is 2.29. The molecule has 0 saturated carbocycles. The molecule has 1 aromatic carbocycles. The van der Waals surface area contributed by atoms with Crippen LogP contribution >= 0.6 is 11.6 Å². The van der Waals surface area contributed by atoms with Gasteiger partial charge in [-0.2, -0.15) is 0 Å². The lowest BCUT2D eigenvalue weighted by molar-refractivity contribution is 0.0950. The second kappa shape index (κ2) is 8.84. The van der Waals surface area contributed by atoms with Crippen LogP contribution in [0.1, 0.15) is 36.0 Å². The van der Waals surface area contributed by atoms with Crippen molar-refractivity contribution >= 4 is 51.0 Å². The SMILES string of the molecule is Cn1c2cc(Cl)ccc2n2c3nc(N4CCCC4)ccc3c(=O)c(C(=O)NCCN3CCCC3)c12. The van der Waals surface area contributed by atoms with Crippen molar-refractivity contribution in [2.24, 2.45) is 7.05 Å². The molecule has 0 atom stereocenters. The minimum atomic E-state index is -0.353. The van der Waals surface area contributed by atoms with E-state index in [1.54, 1.807) is 0 Å². The molecule has 2 fully saturated rings. The molecule has 35 heavy (non-hydrogen) atoms. The highest BCUT2D eigenvalue weighted by Gasteiger charge is 2.25. The zero-order valence-corrected chi connectivity index (χ0v) is 20.6. The van der Waals surface area contributed by atoms with Crippen molar-refractivity contribution in [1.29, 1.82) is 0 Å². The number of carbonyl (C=O) groups excluding carboxylic acids is 1. The maximum absolute atomic E-state index is 13.8. The summed E-state index contributed by atoms with van der Waals surface area (Å²) >= 11 is 6.32. The van der Waals surface area contributed by atoms with Crippen LogP contribution in [0.5, 0.6) is 0 Å². The van der Waals surface area contributed by atoms with Crippen LogP contribution in [0, 0.1) is 0 Å². The number of imidazole rings is 1. The first kappa shape index (κ1) is 22.4. The first-order valence-corrected chi connectivity index (χ1v) is 12.8. The van der Waals surface area contributed by atoms with E-state index in [-0.39, 0.29) is 16.9 Å². The Morgan fingerprint density at radius 1 is 1.03 bits per heavy atom. The second-order valence-corrected chi connectivity index (χ2v) is 10.0. The number of nitrogens with one attached hydrogen (secondary N) is 1. The third-order valence-corrected chi connectivity index (χ3v) is 7.64. The normalized spacial score (nSPS) is 16.8. The Morgan fingerprint density at radius 2 is 1.77 bits per heavy atom. The van der Waals surface area contributed by atoms with Crippen LogP contribution in [-0.4, -0.2) is 64.0 Å². The molecule has 3 aromatic heterocycles. The first-order chi connectivity index (χ1) is 17.0. The molecule has 2 saturated heterocycles. The number of amides is 1. The van der Waals surface area contributed by atoms with E-state index in [2.05, 4.69) is 15.1 Å². The summed E-state index contributed by atoms with van der Waals surface area (Å²) in [5, 5.41) is 4.04. The number of carbonyl (C=O) groups is 1. The number of likely N-dealkylation sites (tertiary alicyclic amines) is 1. The minimum absolute atomic E-state index is 0.143. The molecule has 8 nitrogen and oxygen atoms in total. The predicted molar refractivity (Wildman–Crippen MR) is 140 cm³/mol. The summed E-state index contributed by atoms with van der Waals surface area (Å²) in [7, 11) is 1.87. The Kier molecular flexibility index (Phi) is 5.65. The predicted octanol–water partition coefficient (Wildman–Crippen LogP) is 3.42. The summed E-state index contributed by atoms with van der Waals surface area (Å²) in [4.78, 5) is 36.7. The van der Waals surface area contributed by atoms with Gasteiger partial charge in [-0.05, 0) is 69.1 Å². The molecule has 0 bridgehead atoms. The fourth-order valence-electron chi connectivity index (χ4n) is 5.60. The molecule has 2 aliphatic heterocycles. The van der Waals surface area contributed by atoms with E-state index in [1.807, 2.05) is 46.3 Å². The number of aromatic nitrogens is 3. The van der Waals surface area contributed by atoms with E-state index in [4.69, 9.17) is 16.6 Å². The van der Waals surface area contributed by atoms with E-state index >= 15 is 0 Å². The van der Waals surface area contributed by atoms with E-state index in [0.717, 1.165) is 62.4 Å². The molecule has 9 heteroatoms. The largest absolute Gasteiger partial charge is 0.357 e. The van der Waals surface area contributed by atoms with Crippen molar-refractivity contribution < 1.29 is 4.79 Å². The number of fused-ring (bicyclic) bond motifs is 5. The molecule has 182 valence electrons. The van der Waals surface area contributed by atoms with Gasteiger partial charge in [0, 0.05) is 38.2 Å². The lowest BCUT2D eigenvalue weighted by Gasteiger charge is -2.18. The molecule has 4 aromatic rings. The zero-order chi connectivity index (χ0) is 24.1. The molecule has 1 amide bonds. The van der Waals surface area contributed by atoms with Crippen molar-refractivity contribution in [1.82, 2.24) is 24.2 Å². The van der Waals surface area contributed by atoms with Crippen LogP contribution in [0.15, 0.2) is 35.1 Å². The molecule has 0 aliphatic carbocycles. The van der Waals surface area contributed by atoms with Gasteiger partial charge in [0.15, 0.2) is 5.65 Å². The van der Waals surface area contributed by atoms with Crippen molar-refractivity contribution in [2.45, 2.75) is 25.7 Å². The maximum Gasteiger partial charge on any atom is 0.259 e. The number of benzene rings is 1. The summed E-state index contributed by atoms with van der Waals surface area (Å²) < 4.78 is 3.82. The van der Waals surface area contributed by atoms with Crippen molar-refractivity contribution in [2.75, 3.05) is 44.2 Å². The third kappa shape index (κ3) is 3.76. The van der Waals surface area contributed by atoms with E-state index < -0.39 is 0 Å². The Hall–Kier alpha value is -3.10. The molecule has 1 N–H and O–H groups in total.